The average molecular weight is 415 g/mol. The highest BCUT2D eigenvalue weighted by molar-refractivity contribution is 6.35. The predicted molar refractivity (Wildman–Crippen MR) is 109 cm³/mol. The molecule has 1 atom stereocenters. The van der Waals surface area contributed by atoms with Gasteiger partial charge in [0, 0.05) is 15.6 Å². The van der Waals surface area contributed by atoms with Crippen molar-refractivity contribution in [1.29, 1.82) is 0 Å². The molecule has 0 bridgehead atoms. The van der Waals surface area contributed by atoms with Gasteiger partial charge in [0.2, 0.25) is 11.8 Å². The number of halogens is 2. The van der Waals surface area contributed by atoms with Crippen LogP contribution < -0.4 is 4.67 Å². The van der Waals surface area contributed by atoms with E-state index in [2.05, 4.69) is 15.5 Å². The molecule has 140 valence electrons. The SMILES string of the molecule is CC(CN1C=C=[N+]=C1)OC(=O)c1ccc2nc(-c3cc(Cl)cc(Cl)c3)oc2c1. The standard InChI is InChI=1S/C20H14Cl2N3O3/c1-12(10-25-5-4-23-11-25)27-20(26)13-2-3-17-18(8-13)28-19(24-17)14-6-15(21)9-16(22)7-14/h2-3,5-9,11-12H,10H2,1H3/q+1. The van der Waals surface area contributed by atoms with E-state index in [-0.39, 0.29) is 6.10 Å². The molecule has 0 radical (unpaired) electrons. The van der Waals surface area contributed by atoms with Gasteiger partial charge in [-0.05, 0) is 43.3 Å². The molecule has 4 rings (SSSR count). The van der Waals surface area contributed by atoms with Crippen molar-refractivity contribution in [2.45, 2.75) is 13.0 Å². The van der Waals surface area contributed by atoms with E-state index >= 15 is 0 Å². The van der Waals surface area contributed by atoms with Gasteiger partial charge < -0.3 is 9.15 Å². The summed E-state index contributed by atoms with van der Waals surface area (Å²) in [4.78, 5) is 18.7. The van der Waals surface area contributed by atoms with Crippen molar-refractivity contribution in [2.75, 3.05) is 6.54 Å². The fourth-order valence-electron chi connectivity index (χ4n) is 2.79. The largest absolute Gasteiger partial charge is 0.455 e. The highest BCUT2D eigenvalue weighted by Crippen LogP contribution is 2.29. The second-order valence-electron chi connectivity index (χ2n) is 6.28. The third-order valence-electron chi connectivity index (χ3n) is 4.01. The maximum atomic E-state index is 12.4. The number of fused-ring (bicyclic) bond motifs is 1. The van der Waals surface area contributed by atoms with Gasteiger partial charge in [-0.15, -0.1) is 0 Å². The highest BCUT2D eigenvalue weighted by Gasteiger charge is 2.19. The van der Waals surface area contributed by atoms with Gasteiger partial charge in [0.15, 0.2) is 11.8 Å². The topological polar surface area (TPSA) is 69.7 Å². The molecule has 0 saturated carbocycles. The molecule has 1 unspecified atom stereocenters. The van der Waals surface area contributed by atoms with Crippen molar-refractivity contribution >= 4 is 52.5 Å². The van der Waals surface area contributed by atoms with Crippen LogP contribution in [-0.2, 0) is 4.74 Å². The zero-order valence-electron chi connectivity index (χ0n) is 14.7. The van der Waals surface area contributed by atoms with Crippen LogP contribution in [0.1, 0.15) is 17.3 Å². The van der Waals surface area contributed by atoms with Gasteiger partial charge in [-0.3, -0.25) is 0 Å². The summed E-state index contributed by atoms with van der Waals surface area (Å²) >= 11 is 12.1. The minimum Gasteiger partial charge on any atom is -0.455 e. The Balaban J connectivity index is 1.53. The second-order valence-corrected chi connectivity index (χ2v) is 7.15. The van der Waals surface area contributed by atoms with Crippen molar-refractivity contribution in [1.82, 2.24) is 14.6 Å². The number of hydrogen-bond acceptors (Lipinski definition) is 5. The lowest BCUT2D eigenvalue weighted by molar-refractivity contribution is 0.0318. The summed E-state index contributed by atoms with van der Waals surface area (Å²) in [5.74, 6) is 2.63. The summed E-state index contributed by atoms with van der Waals surface area (Å²) in [7, 11) is 0. The summed E-state index contributed by atoms with van der Waals surface area (Å²) in [6.07, 6.45) is 2.98. The molecule has 28 heavy (non-hydrogen) atoms. The number of benzene rings is 2. The average Bonchev–Trinajstić information content (AvgIpc) is 3.29. The number of ether oxygens (including phenoxy) is 1. The molecule has 0 N–H and O–H groups in total. The molecule has 0 saturated heterocycles. The Bertz CT molecular complexity index is 1140. The number of nitrogens with zero attached hydrogens (tertiary/aromatic N) is 3. The third kappa shape index (κ3) is 3.96. The van der Waals surface area contributed by atoms with Crippen LogP contribution >= 0.6 is 23.2 Å². The van der Waals surface area contributed by atoms with Gasteiger partial charge in [0.05, 0.1) is 5.56 Å². The fourth-order valence-corrected chi connectivity index (χ4v) is 3.31. The number of rotatable bonds is 5. The molecule has 0 aliphatic carbocycles. The van der Waals surface area contributed by atoms with Crippen molar-refractivity contribution < 1.29 is 13.9 Å². The molecular weight excluding hydrogens is 401 g/mol. The van der Waals surface area contributed by atoms with E-state index in [1.54, 1.807) is 53.8 Å². The Morgan fingerprint density at radius 2 is 2.07 bits per heavy atom. The third-order valence-corrected chi connectivity index (χ3v) is 4.45. The van der Waals surface area contributed by atoms with Gasteiger partial charge in [0.25, 0.3) is 0 Å². The normalized spacial score (nSPS) is 13.5. The molecule has 0 fully saturated rings. The summed E-state index contributed by atoms with van der Waals surface area (Å²) in [5, 5.41) is 0.969. The van der Waals surface area contributed by atoms with Crippen LogP contribution in [0.3, 0.4) is 0 Å². The zero-order chi connectivity index (χ0) is 19.7. The Labute approximate surface area is 170 Å². The quantitative estimate of drug-likeness (QED) is 0.467. The summed E-state index contributed by atoms with van der Waals surface area (Å²) in [6, 6.07) is 10.0. The van der Waals surface area contributed by atoms with Crippen LogP contribution in [-0.4, -0.2) is 40.7 Å². The molecule has 2 aromatic carbocycles. The van der Waals surface area contributed by atoms with Crippen LogP contribution in [0.15, 0.2) is 47.0 Å². The van der Waals surface area contributed by atoms with Gasteiger partial charge >= 0.3 is 12.3 Å². The number of hydrogen-bond donors (Lipinski definition) is 0. The molecule has 8 heteroatoms. The van der Waals surface area contributed by atoms with E-state index in [9.17, 15) is 4.79 Å². The first-order valence-electron chi connectivity index (χ1n) is 8.44. The van der Waals surface area contributed by atoms with Gasteiger partial charge in [-0.1, -0.05) is 23.2 Å². The molecule has 0 spiro atoms. The summed E-state index contributed by atoms with van der Waals surface area (Å²) < 4.78 is 15.1. The summed E-state index contributed by atoms with van der Waals surface area (Å²) in [6.45, 7) is 2.30. The Morgan fingerprint density at radius 1 is 1.29 bits per heavy atom. The molecule has 0 amide bonds. The number of carbonyl (C=O) groups excluding carboxylic acids is 1. The van der Waals surface area contributed by atoms with E-state index in [0.29, 0.717) is 44.7 Å². The van der Waals surface area contributed by atoms with Crippen molar-refractivity contribution in [3.63, 3.8) is 0 Å². The van der Waals surface area contributed by atoms with Gasteiger partial charge in [-0.2, -0.15) is 4.67 Å². The van der Waals surface area contributed by atoms with Crippen LogP contribution in [0.2, 0.25) is 10.0 Å². The van der Waals surface area contributed by atoms with E-state index < -0.39 is 5.97 Å². The lowest BCUT2D eigenvalue weighted by Crippen LogP contribution is -2.28. The molecule has 2 heterocycles. The summed E-state index contributed by atoms with van der Waals surface area (Å²) in [5.41, 5.74) is 2.12. The van der Waals surface area contributed by atoms with E-state index in [1.165, 1.54) is 0 Å². The first-order chi connectivity index (χ1) is 13.5. The number of esters is 1. The lowest BCUT2D eigenvalue weighted by Gasteiger charge is -2.13. The first-order valence-corrected chi connectivity index (χ1v) is 9.19. The van der Waals surface area contributed by atoms with Gasteiger partial charge in [-0.25, -0.2) is 14.7 Å². The highest BCUT2D eigenvalue weighted by atomic mass is 35.5. The van der Waals surface area contributed by atoms with E-state index in [4.69, 9.17) is 32.4 Å². The lowest BCUT2D eigenvalue weighted by atomic mass is 10.2. The molecule has 1 aliphatic heterocycles. The Hall–Kier alpha value is -3.01. The van der Waals surface area contributed by atoms with Crippen LogP contribution in [0, 0.1) is 0 Å². The number of carbonyl (C=O) groups is 1. The molecular formula is C20H14Cl2N3O3+. The number of oxazole rings is 1. The molecule has 1 aromatic heterocycles. The minimum absolute atomic E-state index is 0.329. The predicted octanol–water partition coefficient (Wildman–Crippen LogP) is 3.94. The van der Waals surface area contributed by atoms with E-state index in [0.717, 1.165) is 0 Å². The maximum absolute atomic E-state index is 12.4. The first kappa shape index (κ1) is 18.4. The van der Waals surface area contributed by atoms with Crippen LogP contribution in [0.5, 0.6) is 0 Å². The van der Waals surface area contributed by atoms with Crippen molar-refractivity contribution in [3.8, 4) is 11.5 Å². The fraction of sp³-hybridized carbons (Fsp3) is 0.150. The smallest absolute Gasteiger partial charge is 0.350 e. The van der Waals surface area contributed by atoms with Crippen molar-refractivity contribution in [2.24, 2.45) is 0 Å². The Morgan fingerprint density at radius 3 is 2.79 bits per heavy atom. The number of aromatic nitrogens is 1. The molecule has 6 nitrogen and oxygen atoms in total. The van der Waals surface area contributed by atoms with Gasteiger partial charge in [0.1, 0.15) is 18.2 Å². The monoisotopic (exact) mass is 414 g/mol. The second kappa shape index (κ2) is 7.55. The van der Waals surface area contributed by atoms with Crippen molar-refractivity contribution in [3.05, 3.63) is 58.2 Å². The Kier molecular flexibility index (Phi) is 4.95. The van der Waals surface area contributed by atoms with Crippen LogP contribution in [0.25, 0.3) is 22.6 Å². The molecule has 3 aromatic rings. The minimum atomic E-state index is -0.442. The van der Waals surface area contributed by atoms with E-state index in [1.807, 2.05) is 6.92 Å². The zero-order valence-corrected chi connectivity index (χ0v) is 16.2. The molecule has 1 aliphatic rings. The van der Waals surface area contributed by atoms with Crippen LogP contribution in [0.4, 0.5) is 0 Å². The maximum Gasteiger partial charge on any atom is 0.350 e.